The van der Waals surface area contributed by atoms with E-state index >= 15 is 0 Å². The third-order valence-electron chi connectivity index (χ3n) is 2.61. The van der Waals surface area contributed by atoms with Gasteiger partial charge in [0.1, 0.15) is 0 Å². The van der Waals surface area contributed by atoms with E-state index in [0.717, 1.165) is 16.8 Å². The van der Waals surface area contributed by atoms with E-state index in [0.29, 0.717) is 5.92 Å². The zero-order chi connectivity index (χ0) is 12.8. The molecule has 0 fully saturated rings. The fraction of sp³-hybridized carbons (Fsp3) is 0.312. The molecule has 0 atom stereocenters. The standard InChI is InChI=1S/C16H21N/c1-12(2)10-11-14(4)16(17-5)15-9-7-6-8-13(15)3/h6-12H,4H2,1-3,5H3/b11-10-,17-16?. The Bertz CT molecular complexity index is 450. The number of allylic oxidation sites excluding steroid dienone is 3. The maximum absolute atomic E-state index is 4.36. The predicted octanol–water partition coefficient (Wildman–Crippen LogP) is 4.18. The van der Waals surface area contributed by atoms with Gasteiger partial charge in [-0.25, -0.2) is 0 Å². The van der Waals surface area contributed by atoms with E-state index in [1.54, 1.807) is 0 Å². The van der Waals surface area contributed by atoms with Gasteiger partial charge in [0.2, 0.25) is 0 Å². The summed E-state index contributed by atoms with van der Waals surface area (Å²) in [4.78, 5) is 4.36. The molecule has 0 unspecified atom stereocenters. The third-order valence-corrected chi connectivity index (χ3v) is 2.61. The van der Waals surface area contributed by atoms with E-state index in [1.807, 2.05) is 19.2 Å². The third kappa shape index (κ3) is 3.70. The molecule has 0 heterocycles. The molecular weight excluding hydrogens is 206 g/mol. The van der Waals surface area contributed by atoms with Crippen LogP contribution in [0.4, 0.5) is 0 Å². The molecule has 90 valence electrons. The van der Waals surface area contributed by atoms with Crippen molar-refractivity contribution in [3.05, 3.63) is 59.7 Å². The van der Waals surface area contributed by atoms with Crippen LogP contribution in [0.5, 0.6) is 0 Å². The number of rotatable bonds is 4. The summed E-state index contributed by atoms with van der Waals surface area (Å²) >= 11 is 0. The van der Waals surface area contributed by atoms with Gasteiger partial charge in [-0.1, -0.05) is 56.8 Å². The molecule has 0 bridgehead atoms. The largest absolute Gasteiger partial charge is 0.287 e. The van der Waals surface area contributed by atoms with Gasteiger partial charge in [-0.05, 0) is 24.0 Å². The normalized spacial score (nSPS) is 12.4. The summed E-state index contributed by atoms with van der Waals surface area (Å²) in [7, 11) is 1.82. The fourth-order valence-electron chi connectivity index (χ4n) is 1.66. The van der Waals surface area contributed by atoms with Crippen molar-refractivity contribution in [2.75, 3.05) is 7.05 Å². The zero-order valence-electron chi connectivity index (χ0n) is 11.2. The van der Waals surface area contributed by atoms with Crippen molar-refractivity contribution in [1.29, 1.82) is 0 Å². The quantitative estimate of drug-likeness (QED) is 0.540. The van der Waals surface area contributed by atoms with E-state index in [-0.39, 0.29) is 0 Å². The number of nitrogens with zero attached hydrogens (tertiary/aromatic N) is 1. The van der Waals surface area contributed by atoms with Crippen LogP contribution in [0, 0.1) is 12.8 Å². The van der Waals surface area contributed by atoms with Crippen LogP contribution in [0.25, 0.3) is 0 Å². The second-order valence-corrected chi connectivity index (χ2v) is 4.52. The Morgan fingerprint density at radius 2 is 1.94 bits per heavy atom. The second kappa shape index (κ2) is 6.19. The van der Waals surface area contributed by atoms with Crippen LogP contribution >= 0.6 is 0 Å². The number of aryl methyl sites for hydroxylation is 1. The molecule has 0 amide bonds. The van der Waals surface area contributed by atoms with Crippen LogP contribution in [0.15, 0.2) is 53.6 Å². The SMILES string of the molecule is C=C(/C=C\C(C)C)C(=NC)c1ccccc1C. The first-order chi connectivity index (χ1) is 8.06. The molecule has 1 nitrogen and oxygen atoms in total. The Hall–Kier alpha value is -1.63. The van der Waals surface area contributed by atoms with Crippen LogP contribution in [0.1, 0.15) is 25.0 Å². The number of hydrogen-bond acceptors (Lipinski definition) is 1. The molecule has 0 saturated heterocycles. The van der Waals surface area contributed by atoms with Crippen molar-refractivity contribution in [1.82, 2.24) is 0 Å². The minimum absolute atomic E-state index is 0.529. The van der Waals surface area contributed by atoms with Crippen molar-refractivity contribution in [3.63, 3.8) is 0 Å². The van der Waals surface area contributed by atoms with E-state index in [4.69, 9.17) is 0 Å². The highest BCUT2D eigenvalue weighted by atomic mass is 14.7. The second-order valence-electron chi connectivity index (χ2n) is 4.52. The molecule has 0 radical (unpaired) electrons. The highest BCUT2D eigenvalue weighted by Crippen LogP contribution is 2.14. The number of hydrogen-bond donors (Lipinski definition) is 0. The summed E-state index contributed by atoms with van der Waals surface area (Å²) in [5.41, 5.74) is 4.33. The summed E-state index contributed by atoms with van der Waals surface area (Å²) in [6.45, 7) is 10.5. The summed E-state index contributed by atoms with van der Waals surface area (Å²) in [6.07, 6.45) is 4.20. The maximum atomic E-state index is 4.36. The molecule has 0 aliphatic carbocycles. The Labute approximate surface area is 105 Å². The van der Waals surface area contributed by atoms with Gasteiger partial charge in [0.15, 0.2) is 0 Å². The highest BCUT2D eigenvalue weighted by Gasteiger charge is 2.07. The van der Waals surface area contributed by atoms with E-state index in [1.165, 1.54) is 5.56 Å². The lowest BCUT2D eigenvalue weighted by Gasteiger charge is -2.09. The summed E-state index contributed by atoms with van der Waals surface area (Å²) in [6, 6.07) is 8.26. The Morgan fingerprint density at radius 1 is 1.29 bits per heavy atom. The molecule has 1 aromatic carbocycles. The molecule has 0 spiro atoms. The van der Waals surface area contributed by atoms with Crippen molar-refractivity contribution in [2.45, 2.75) is 20.8 Å². The van der Waals surface area contributed by atoms with E-state index in [2.05, 4.69) is 56.6 Å². The van der Waals surface area contributed by atoms with Crippen LogP contribution in [-0.4, -0.2) is 12.8 Å². The Balaban J connectivity index is 3.02. The van der Waals surface area contributed by atoms with Crippen molar-refractivity contribution in [2.24, 2.45) is 10.9 Å². The highest BCUT2D eigenvalue weighted by molar-refractivity contribution is 6.14. The fourth-order valence-corrected chi connectivity index (χ4v) is 1.66. The van der Waals surface area contributed by atoms with Gasteiger partial charge in [0, 0.05) is 12.6 Å². The van der Waals surface area contributed by atoms with Gasteiger partial charge in [0.25, 0.3) is 0 Å². The first-order valence-corrected chi connectivity index (χ1v) is 5.96. The first kappa shape index (κ1) is 13.4. The van der Waals surface area contributed by atoms with Crippen LogP contribution in [0.3, 0.4) is 0 Å². The Morgan fingerprint density at radius 3 is 2.47 bits per heavy atom. The molecular formula is C16H21N. The number of aliphatic imine (C=N–C) groups is 1. The van der Waals surface area contributed by atoms with Gasteiger partial charge in [-0.2, -0.15) is 0 Å². The van der Waals surface area contributed by atoms with Gasteiger partial charge in [0.05, 0.1) is 5.71 Å². The molecule has 1 heteroatoms. The average molecular weight is 227 g/mol. The van der Waals surface area contributed by atoms with Gasteiger partial charge >= 0.3 is 0 Å². The molecule has 0 N–H and O–H groups in total. The van der Waals surface area contributed by atoms with E-state index < -0.39 is 0 Å². The zero-order valence-corrected chi connectivity index (χ0v) is 11.2. The molecule has 0 saturated carbocycles. The van der Waals surface area contributed by atoms with Gasteiger partial charge < -0.3 is 0 Å². The number of benzene rings is 1. The van der Waals surface area contributed by atoms with Crippen LogP contribution in [-0.2, 0) is 0 Å². The first-order valence-electron chi connectivity index (χ1n) is 5.96. The van der Waals surface area contributed by atoms with Gasteiger partial charge in [-0.15, -0.1) is 0 Å². The van der Waals surface area contributed by atoms with Gasteiger partial charge in [-0.3, -0.25) is 4.99 Å². The maximum Gasteiger partial charge on any atom is 0.0712 e. The molecule has 1 aromatic rings. The van der Waals surface area contributed by atoms with Crippen molar-refractivity contribution in [3.8, 4) is 0 Å². The molecule has 1 rings (SSSR count). The monoisotopic (exact) mass is 227 g/mol. The molecule has 0 aromatic heterocycles. The smallest absolute Gasteiger partial charge is 0.0712 e. The molecule has 0 aliphatic heterocycles. The minimum Gasteiger partial charge on any atom is -0.287 e. The van der Waals surface area contributed by atoms with Crippen molar-refractivity contribution >= 4 is 5.71 Å². The average Bonchev–Trinajstić information content (AvgIpc) is 2.30. The summed E-state index contributed by atoms with van der Waals surface area (Å²) < 4.78 is 0. The lowest BCUT2D eigenvalue weighted by atomic mass is 9.98. The summed E-state index contributed by atoms with van der Waals surface area (Å²) in [5.74, 6) is 0.529. The topological polar surface area (TPSA) is 12.4 Å². The van der Waals surface area contributed by atoms with Crippen molar-refractivity contribution < 1.29 is 0 Å². The van der Waals surface area contributed by atoms with E-state index in [9.17, 15) is 0 Å². The predicted molar refractivity (Wildman–Crippen MR) is 76.8 cm³/mol. The van der Waals surface area contributed by atoms with Crippen LogP contribution in [0.2, 0.25) is 0 Å². The molecule has 17 heavy (non-hydrogen) atoms. The van der Waals surface area contributed by atoms with Crippen LogP contribution < -0.4 is 0 Å². The lowest BCUT2D eigenvalue weighted by Crippen LogP contribution is -2.05. The molecule has 0 aliphatic rings. The lowest BCUT2D eigenvalue weighted by molar-refractivity contribution is 0.831. The summed E-state index contributed by atoms with van der Waals surface area (Å²) in [5, 5.41) is 0. The Kier molecular flexibility index (Phi) is 4.89. The minimum atomic E-state index is 0.529.